The fourth-order valence-electron chi connectivity index (χ4n) is 3.06. The third-order valence-electron chi connectivity index (χ3n) is 4.46. The molecule has 0 radical (unpaired) electrons. The van der Waals surface area contributed by atoms with Gasteiger partial charge in [0.2, 0.25) is 11.1 Å². The van der Waals surface area contributed by atoms with E-state index >= 15 is 0 Å². The van der Waals surface area contributed by atoms with E-state index in [-0.39, 0.29) is 29.2 Å². The van der Waals surface area contributed by atoms with Crippen LogP contribution in [0.15, 0.2) is 29.4 Å². The molecule has 1 aliphatic heterocycles. The van der Waals surface area contributed by atoms with E-state index in [0.717, 1.165) is 11.3 Å². The van der Waals surface area contributed by atoms with Gasteiger partial charge in [0.05, 0.1) is 24.4 Å². The highest BCUT2D eigenvalue weighted by Crippen LogP contribution is 2.23. The monoisotopic (exact) mass is 410 g/mol. The number of methoxy groups -OCH3 is 1. The van der Waals surface area contributed by atoms with Gasteiger partial charge in [0.25, 0.3) is 0 Å². The first-order valence-corrected chi connectivity index (χ1v) is 11.4. The fraction of sp³-hybridized carbons (Fsp3) is 0.471. The summed E-state index contributed by atoms with van der Waals surface area (Å²) < 4.78 is 28.5. The van der Waals surface area contributed by atoms with Crippen LogP contribution in [-0.4, -0.2) is 71.4 Å². The maximum absolute atomic E-state index is 12.5. The van der Waals surface area contributed by atoms with E-state index in [9.17, 15) is 13.2 Å². The molecule has 27 heavy (non-hydrogen) atoms. The van der Waals surface area contributed by atoms with E-state index in [2.05, 4.69) is 15.2 Å². The molecule has 3 rings (SSSR count). The Kier molecular flexibility index (Phi) is 6.05. The molecule has 2 aromatic rings. The lowest BCUT2D eigenvalue weighted by atomic mass is 10.2. The van der Waals surface area contributed by atoms with Crippen LogP contribution in [0.1, 0.15) is 13.3 Å². The number of thioether (sulfide) groups is 1. The van der Waals surface area contributed by atoms with Crippen molar-refractivity contribution in [1.82, 2.24) is 20.1 Å². The number of carbonyl (C=O) groups is 1. The van der Waals surface area contributed by atoms with Crippen LogP contribution in [0.4, 0.5) is 0 Å². The molecule has 0 spiro atoms. The molecule has 1 fully saturated rings. The number of rotatable bonds is 7. The molecule has 0 bridgehead atoms. The molecule has 1 N–H and O–H groups in total. The lowest BCUT2D eigenvalue weighted by molar-refractivity contribution is -0.129. The van der Waals surface area contributed by atoms with Gasteiger partial charge in [0, 0.05) is 18.2 Å². The first-order chi connectivity index (χ1) is 12.9. The SMILES string of the molecule is CCN(C(=O)CSc1n[nH]c(-c2ccc(OC)cc2)n1)[C@@H]1CCS(=O)(=O)C1. The molecular formula is C17H22N4O4S2. The first kappa shape index (κ1) is 19.7. The van der Waals surface area contributed by atoms with Gasteiger partial charge in [-0.25, -0.2) is 13.4 Å². The van der Waals surface area contributed by atoms with E-state index in [0.29, 0.717) is 23.9 Å². The number of aromatic nitrogens is 3. The molecule has 8 nitrogen and oxygen atoms in total. The van der Waals surface area contributed by atoms with Crippen LogP contribution >= 0.6 is 11.8 Å². The molecule has 10 heteroatoms. The third kappa shape index (κ3) is 4.81. The summed E-state index contributed by atoms with van der Waals surface area (Å²) in [4.78, 5) is 18.6. The van der Waals surface area contributed by atoms with Crippen LogP contribution in [0, 0.1) is 0 Å². The quantitative estimate of drug-likeness (QED) is 0.691. The van der Waals surface area contributed by atoms with Crippen LogP contribution in [0.25, 0.3) is 11.4 Å². The minimum atomic E-state index is -3.02. The molecule has 1 aromatic heterocycles. The third-order valence-corrected chi connectivity index (χ3v) is 7.05. The highest BCUT2D eigenvalue weighted by molar-refractivity contribution is 7.99. The van der Waals surface area contributed by atoms with E-state index in [1.807, 2.05) is 31.2 Å². The highest BCUT2D eigenvalue weighted by atomic mass is 32.2. The predicted molar refractivity (Wildman–Crippen MR) is 104 cm³/mol. The normalized spacial score (nSPS) is 18.4. The Balaban J connectivity index is 1.59. The molecular weight excluding hydrogens is 388 g/mol. The van der Waals surface area contributed by atoms with Gasteiger partial charge in [-0.15, -0.1) is 5.10 Å². The minimum Gasteiger partial charge on any atom is -0.497 e. The number of benzene rings is 1. The van der Waals surface area contributed by atoms with Gasteiger partial charge in [-0.3, -0.25) is 9.89 Å². The Morgan fingerprint density at radius 2 is 2.11 bits per heavy atom. The number of H-pyrrole nitrogens is 1. The molecule has 1 atom stereocenters. The summed E-state index contributed by atoms with van der Waals surface area (Å²) in [5.74, 6) is 1.65. The zero-order valence-electron chi connectivity index (χ0n) is 15.2. The van der Waals surface area contributed by atoms with Crippen LogP contribution in [0.5, 0.6) is 5.75 Å². The van der Waals surface area contributed by atoms with Gasteiger partial charge >= 0.3 is 0 Å². The van der Waals surface area contributed by atoms with E-state index in [1.165, 1.54) is 11.8 Å². The van der Waals surface area contributed by atoms with Gasteiger partial charge in [-0.05, 0) is 37.6 Å². The Morgan fingerprint density at radius 3 is 2.70 bits per heavy atom. The number of amides is 1. The molecule has 1 amide bonds. The molecule has 1 aliphatic rings. The zero-order valence-corrected chi connectivity index (χ0v) is 16.8. The number of aromatic amines is 1. The Hall–Kier alpha value is -2.07. The van der Waals surface area contributed by atoms with Crippen LogP contribution in [0.2, 0.25) is 0 Å². The smallest absolute Gasteiger partial charge is 0.233 e. The Morgan fingerprint density at radius 1 is 1.37 bits per heavy atom. The van der Waals surface area contributed by atoms with Crippen molar-refractivity contribution in [3.63, 3.8) is 0 Å². The van der Waals surface area contributed by atoms with Crippen molar-refractivity contribution in [3.8, 4) is 17.1 Å². The number of nitrogens with one attached hydrogen (secondary N) is 1. The standard InChI is InChI=1S/C17H22N4O4S2/c1-3-21(13-8-9-27(23,24)11-13)15(22)10-26-17-18-16(19-20-17)12-4-6-14(25-2)7-5-12/h4-7,13H,3,8-11H2,1-2H3,(H,18,19,20)/t13-/m1/s1. The largest absolute Gasteiger partial charge is 0.497 e. The minimum absolute atomic E-state index is 0.0551. The van der Waals surface area contributed by atoms with Gasteiger partial charge < -0.3 is 9.64 Å². The summed E-state index contributed by atoms with van der Waals surface area (Å²) in [5, 5.41) is 7.48. The number of carbonyl (C=O) groups excluding carboxylic acids is 1. The lowest BCUT2D eigenvalue weighted by Crippen LogP contribution is -2.41. The second kappa shape index (κ2) is 8.30. The summed E-state index contributed by atoms with van der Waals surface area (Å²) >= 11 is 1.24. The van der Waals surface area contributed by atoms with Crippen molar-refractivity contribution in [2.24, 2.45) is 0 Å². The maximum atomic E-state index is 12.5. The van der Waals surface area contributed by atoms with E-state index < -0.39 is 9.84 Å². The summed E-state index contributed by atoms with van der Waals surface area (Å²) in [5.41, 5.74) is 0.868. The van der Waals surface area contributed by atoms with Gasteiger partial charge in [-0.1, -0.05) is 11.8 Å². The molecule has 0 aliphatic carbocycles. The second-order valence-electron chi connectivity index (χ2n) is 6.22. The van der Waals surface area contributed by atoms with E-state index in [4.69, 9.17) is 4.74 Å². The second-order valence-corrected chi connectivity index (χ2v) is 9.39. The highest BCUT2D eigenvalue weighted by Gasteiger charge is 2.33. The first-order valence-electron chi connectivity index (χ1n) is 8.61. The van der Waals surface area contributed by atoms with Crippen molar-refractivity contribution in [2.75, 3.05) is 30.9 Å². The summed E-state index contributed by atoms with van der Waals surface area (Å²) in [6, 6.07) is 7.19. The Labute approximate surface area is 162 Å². The van der Waals surface area contributed by atoms with Gasteiger partial charge in [0.15, 0.2) is 15.7 Å². The Bertz CT molecular complexity index is 896. The zero-order chi connectivity index (χ0) is 19.4. The molecule has 146 valence electrons. The van der Waals surface area contributed by atoms with Crippen molar-refractivity contribution in [1.29, 1.82) is 0 Å². The lowest BCUT2D eigenvalue weighted by Gasteiger charge is -2.26. The average Bonchev–Trinajstić information content (AvgIpc) is 3.27. The number of hydrogen-bond donors (Lipinski definition) is 1. The number of sulfone groups is 1. The molecule has 1 saturated heterocycles. The summed E-state index contributed by atoms with van der Waals surface area (Å²) in [6.07, 6.45) is 0.509. The fourth-order valence-corrected chi connectivity index (χ4v) is 5.47. The van der Waals surface area contributed by atoms with Crippen LogP contribution < -0.4 is 4.74 Å². The van der Waals surface area contributed by atoms with Crippen molar-refractivity contribution >= 4 is 27.5 Å². The number of nitrogens with zero attached hydrogens (tertiary/aromatic N) is 3. The topological polar surface area (TPSA) is 105 Å². The van der Waals surface area contributed by atoms with Crippen LogP contribution in [-0.2, 0) is 14.6 Å². The van der Waals surface area contributed by atoms with Gasteiger partial charge in [-0.2, -0.15) is 0 Å². The predicted octanol–water partition coefficient (Wildman–Crippen LogP) is 1.61. The van der Waals surface area contributed by atoms with Crippen molar-refractivity contribution < 1.29 is 17.9 Å². The maximum Gasteiger partial charge on any atom is 0.233 e. The van der Waals surface area contributed by atoms with E-state index in [1.54, 1.807) is 12.0 Å². The molecule has 2 heterocycles. The van der Waals surface area contributed by atoms with Crippen molar-refractivity contribution in [3.05, 3.63) is 24.3 Å². The van der Waals surface area contributed by atoms with Crippen LogP contribution in [0.3, 0.4) is 0 Å². The average molecular weight is 411 g/mol. The molecule has 0 unspecified atom stereocenters. The number of hydrogen-bond acceptors (Lipinski definition) is 7. The van der Waals surface area contributed by atoms with Gasteiger partial charge in [0.1, 0.15) is 5.75 Å². The summed E-state index contributed by atoms with van der Waals surface area (Å²) in [7, 11) is -1.42. The summed E-state index contributed by atoms with van der Waals surface area (Å²) in [6.45, 7) is 2.35. The number of ether oxygens (including phenoxy) is 1. The molecule has 0 saturated carbocycles. The van der Waals surface area contributed by atoms with Crippen molar-refractivity contribution in [2.45, 2.75) is 24.5 Å². The molecule has 1 aromatic carbocycles.